The van der Waals surface area contributed by atoms with E-state index in [1.165, 1.54) is 0 Å². The van der Waals surface area contributed by atoms with E-state index in [0.29, 0.717) is 16.4 Å². The van der Waals surface area contributed by atoms with E-state index in [2.05, 4.69) is 22.1 Å². The average molecular weight is 318 g/mol. The van der Waals surface area contributed by atoms with Crippen LogP contribution in [0.3, 0.4) is 0 Å². The molecule has 0 saturated carbocycles. The summed E-state index contributed by atoms with van der Waals surface area (Å²) in [5.74, 6) is 0.305. The van der Waals surface area contributed by atoms with Crippen LogP contribution in [0.5, 0.6) is 0 Å². The minimum Gasteiger partial charge on any atom is -0.373 e. The van der Waals surface area contributed by atoms with E-state index in [-0.39, 0.29) is 5.91 Å². The molecule has 0 unspecified atom stereocenters. The zero-order valence-electron chi connectivity index (χ0n) is 12.8. The number of nitrogens with zero attached hydrogens (tertiary/aromatic N) is 2. The molecule has 0 aliphatic carbocycles. The van der Waals surface area contributed by atoms with Gasteiger partial charge in [-0.2, -0.15) is 0 Å². The molecule has 2 rings (SSSR count). The SMILES string of the molecule is CCCCN(C)c1ccc(NC(=O)c2cccc(Cl)c2)nc1. The average Bonchev–Trinajstić information content (AvgIpc) is 2.53. The lowest BCUT2D eigenvalue weighted by Crippen LogP contribution is -2.19. The standard InChI is InChI=1S/C17H20ClN3O/c1-3-4-10-21(2)15-8-9-16(19-12-15)20-17(22)13-6-5-7-14(18)11-13/h5-9,11-12H,3-4,10H2,1-2H3,(H,19,20,22). The molecule has 116 valence electrons. The molecule has 1 N–H and O–H groups in total. The van der Waals surface area contributed by atoms with Crippen molar-refractivity contribution in [1.29, 1.82) is 0 Å². The van der Waals surface area contributed by atoms with Crippen LogP contribution >= 0.6 is 11.6 Å². The Labute approximate surface area is 136 Å². The molecule has 0 fully saturated rings. The lowest BCUT2D eigenvalue weighted by Gasteiger charge is -2.18. The minimum atomic E-state index is -0.220. The number of aromatic nitrogens is 1. The molecule has 0 aliphatic rings. The number of hydrogen-bond donors (Lipinski definition) is 1. The normalized spacial score (nSPS) is 10.3. The number of rotatable bonds is 6. The van der Waals surface area contributed by atoms with Crippen LogP contribution in [0, 0.1) is 0 Å². The number of carbonyl (C=O) groups is 1. The van der Waals surface area contributed by atoms with E-state index < -0.39 is 0 Å². The summed E-state index contributed by atoms with van der Waals surface area (Å²) in [4.78, 5) is 18.5. The van der Waals surface area contributed by atoms with E-state index in [1.807, 2.05) is 13.1 Å². The number of nitrogens with one attached hydrogen (secondary N) is 1. The second-order valence-corrected chi connectivity index (χ2v) is 5.58. The quantitative estimate of drug-likeness (QED) is 0.867. The van der Waals surface area contributed by atoms with Crippen molar-refractivity contribution < 1.29 is 4.79 Å². The predicted molar refractivity (Wildman–Crippen MR) is 91.8 cm³/mol. The van der Waals surface area contributed by atoms with Gasteiger partial charge in [0.1, 0.15) is 5.82 Å². The summed E-state index contributed by atoms with van der Waals surface area (Å²) in [5, 5.41) is 3.30. The monoisotopic (exact) mass is 317 g/mol. The van der Waals surface area contributed by atoms with E-state index in [1.54, 1.807) is 36.5 Å². The van der Waals surface area contributed by atoms with Crippen LogP contribution in [0.25, 0.3) is 0 Å². The van der Waals surface area contributed by atoms with Gasteiger partial charge in [0.25, 0.3) is 5.91 Å². The lowest BCUT2D eigenvalue weighted by atomic mass is 10.2. The van der Waals surface area contributed by atoms with Crippen LogP contribution in [0.2, 0.25) is 5.02 Å². The maximum Gasteiger partial charge on any atom is 0.256 e. The van der Waals surface area contributed by atoms with E-state index in [4.69, 9.17) is 11.6 Å². The van der Waals surface area contributed by atoms with Crippen molar-refractivity contribution in [3.8, 4) is 0 Å². The Bertz CT molecular complexity index is 628. The third-order valence-electron chi connectivity index (χ3n) is 3.36. The molecule has 0 atom stereocenters. The maximum atomic E-state index is 12.1. The van der Waals surface area contributed by atoms with Gasteiger partial charge in [0.05, 0.1) is 11.9 Å². The maximum absolute atomic E-state index is 12.1. The number of hydrogen-bond acceptors (Lipinski definition) is 3. The second kappa shape index (κ2) is 7.80. The van der Waals surface area contributed by atoms with Crippen LogP contribution < -0.4 is 10.2 Å². The van der Waals surface area contributed by atoms with Gasteiger partial charge in [-0.1, -0.05) is 31.0 Å². The van der Waals surface area contributed by atoms with Gasteiger partial charge in [0.15, 0.2) is 0 Å². The highest BCUT2D eigenvalue weighted by Gasteiger charge is 2.08. The zero-order valence-corrected chi connectivity index (χ0v) is 13.6. The zero-order chi connectivity index (χ0) is 15.9. The molecule has 22 heavy (non-hydrogen) atoms. The lowest BCUT2D eigenvalue weighted by molar-refractivity contribution is 0.102. The molecule has 0 radical (unpaired) electrons. The van der Waals surface area contributed by atoms with Crippen LogP contribution in [0.15, 0.2) is 42.6 Å². The van der Waals surface area contributed by atoms with Gasteiger partial charge in [0, 0.05) is 24.2 Å². The number of amides is 1. The number of unbranched alkanes of at least 4 members (excludes halogenated alkanes) is 1. The Morgan fingerprint density at radius 3 is 2.77 bits per heavy atom. The van der Waals surface area contributed by atoms with Gasteiger partial charge in [-0.15, -0.1) is 0 Å². The van der Waals surface area contributed by atoms with Crippen molar-refractivity contribution in [1.82, 2.24) is 4.98 Å². The Morgan fingerprint density at radius 2 is 2.14 bits per heavy atom. The summed E-state index contributed by atoms with van der Waals surface area (Å²) < 4.78 is 0. The van der Waals surface area contributed by atoms with Gasteiger partial charge in [-0.05, 0) is 36.8 Å². The highest BCUT2D eigenvalue weighted by atomic mass is 35.5. The molecule has 1 aromatic heterocycles. The molecule has 4 nitrogen and oxygen atoms in total. The second-order valence-electron chi connectivity index (χ2n) is 5.14. The van der Waals surface area contributed by atoms with E-state index >= 15 is 0 Å². The van der Waals surface area contributed by atoms with Crippen LogP contribution in [0.4, 0.5) is 11.5 Å². The van der Waals surface area contributed by atoms with Gasteiger partial charge in [-0.3, -0.25) is 4.79 Å². The topological polar surface area (TPSA) is 45.2 Å². The van der Waals surface area contributed by atoms with Crippen molar-refractivity contribution in [2.24, 2.45) is 0 Å². The first kappa shape index (κ1) is 16.3. The van der Waals surface area contributed by atoms with Crippen molar-refractivity contribution in [3.63, 3.8) is 0 Å². The molecule has 2 aromatic rings. The Balaban J connectivity index is 2.00. The van der Waals surface area contributed by atoms with Crippen LogP contribution in [-0.4, -0.2) is 24.5 Å². The van der Waals surface area contributed by atoms with Crippen molar-refractivity contribution in [2.45, 2.75) is 19.8 Å². The van der Waals surface area contributed by atoms with Crippen molar-refractivity contribution >= 4 is 29.0 Å². The molecule has 0 bridgehead atoms. The largest absolute Gasteiger partial charge is 0.373 e. The summed E-state index contributed by atoms with van der Waals surface area (Å²) in [6.45, 7) is 3.16. The van der Waals surface area contributed by atoms with Crippen molar-refractivity contribution in [2.75, 3.05) is 23.8 Å². The summed E-state index contributed by atoms with van der Waals surface area (Å²) in [5.41, 5.74) is 1.55. The number of benzene rings is 1. The van der Waals surface area contributed by atoms with E-state index in [0.717, 1.165) is 25.1 Å². The summed E-state index contributed by atoms with van der Waals surface area (Å²) in [7, 11) is 2.04. The van der Waals surface area contributed by atoms with Crippen LogP contribution in [-0.2, 0) is 0 Å². The Kier molecular flexibility index (Phi) is 5.78. The first-order valence-electron chi connectivity index (χ1n) is 7.34. The van der Waals surface area contributed by atoms with Crippen molar-refractivity contribution in [3.05, 3.63) is 53.2 Å². The van der Waals surface area contributed by atoms with Gasteiger partial charge in [-0.25, -0.2) is 4.98 Å². The molecule has 1 amide bonds. The molecule has 5 heteroatoms. The molecule has 0 saturated heterocycles. The highest BCUT2D eigenvalue weighted by molar-refractivity contribution is 6.31. The van der Waals surface area contributed by atoms with Gasteiger partial charge >= 0.3 is 0 Å². The predicted octanol–water partition coefficient (Wildman–Crippen LogP) is 4.22. The molecule has 0 spiro atoms. The molecule has 0 aliphatic heterocycles. The van der Waals surface area contributed by atoms with E-state index in [9.17, 15) is 4.79 Å². The number of anilines is 2. The fraction of sp³-hybridized carbons (Fsp3) is 0.294. The molecular weight excluding hydrogens is 298 g/mol. The van der Waals surface area contributed by atoms with Gasteiger partial charge < -0.3 is 10.2 Å². The third-order valence-corrected chi connectivity index (χ3v) is 3.60. The summed E-state index contributed by atoms with van der Waals surface area (Å²) in [6.07, 6.45) is 4.07. The first-order chi connectivity index (χ1) is 10.6. The fourth-order valence-electron chi connectivity index (χ4n) is 2.03. The number of pyridine rings is 1. The minimum absolute atomic E-state index is 0.220. The summed E-state index contributed by atoms with van der Waals surface area (Å²) >= 11 is 5.89. The Morgan fingerprint density at radius 1 is 1.32 bits per heavy atom. The molecule has 1 heterocycles. The number of halogens is 1. The summed E-state index contributed by atoms with van der Waals surface area (Å²) in [6, 6.07) is 10.6. The third kappa shape index (κ3) is 4.46. The highest BCUT2D eigenvalue weighted by Crippen LogP contribution is 2.16. The number of carbonyl (C=O) groups excluding carboxylic acids is 1. The van der Waals surface area contributed by atoms with Crippen LogP contribution in [0.1, 0.15) is 30.1 Å². The molecular formula is C17H20ClN3O. The fourth-order valence-corrected chi connectivity index (χ4v) is 2.22. The van der Waals surface area contributed by atoms with Gasteiger partial charge in [0.2, 0.25) is 0 Å². The smallest absolute Gasteiger partial charge is 0.256 e. The molecule has 1 aromatic carbocycles. The first-order valence-corrected chi connectivity index (χ1v) is 7.72. The Hall–Kier alpha value is -2.07.